The summed E-state index contributed by atoms with van der Waals surface area (Å²) in [5.41, 5.74) is 3.40. The second kappa shape index (κ2) is 8.64. The van der Waals surface area contributed by atoms with Crippen LogP contribution in [0.15, 0.2) is 42.5 Å². The van der Waals surface area contributed by atoms with Crippen LogP contribution >= 0.6 is 0 Å². The van der Waals surface area contributed by atoms with Crippen LogP contribution in [0.5, 0.6) is 0 Å². The molecule has 0 unspecified atom stereocenters. The Labute approximate surface area is 158 Å². The summed E-state index contributed by atoms with van der Waals surface area (Å²) in [6, 6.07) is 12.3. The summed E-state index contributed by atoms with van der Waals surface area (Å²) >= 11 is 0. The number of nitro groups is 1. The van der Waals surface area contributed by atoms with Crippen LogP contribution < -0.4 is 10.6 Å². The van der Waals surface area contributed by atoms with Gasteiger partial charge in [-0.1, -0.05) is 24.3 Å². The molecule has 2 N–H and O–H groups in total. The molecule has 7 nitrogen and oxygen atoms in total. The Morgan fingerprint density at radius 1 is 1.15 bits per heavy atom. The predicted molar refractivity (Wildman–Crippen MR) is 105 cm³/mol. The summed E-state index contributed by atoms with van der Waals surface area (Å²) in [7, 11) is 0. The van der Waals surface area contributed by atoms with E-state index in [9.17, 15) is 14.9 Å². The third-order valence-corrected chi connectivity index (χ3v) is 4.80. The molecule has 27 heavy (non-hydrogen) atoms. The molecule has 0 atom stereocenters. The van der Waals surface area contributed by atoms with Crippen LogP contribution in [0.25, 0.3) is 0 Å². The maximum atomic E-state index is 12.2. The molecular formula is C20H24N4O3. The second-order valence-corrected chi connectivity index (χ2v) is 6.82. The fraction of sp³-hybridized carbons (Fsp3) is 0.350. The normalized spacial score (nSPS) is 14.1. The molecule has 1 aliphatic rings. The smallest absolute Gasteiger partial charge is 0.319 e. The van der Waals surface area contributed by atoms with Crippen molar-refractivity contribution in [2.45, 2.75) is 32.9 Å². The monoisotopic (exact) mass is 368 g/mol. The minimum atomic E-state index is -0.434. The molecule has 142 valence electrons. The van der Waals surface area contributed by atoms with E-state index in [0.29, 0.717) is 17.8 Å². The molecule has 2 amide bonds. The number of benzene rings is 2. The maximum Gasteiger partial charge on any atom is 0.319 e. The fourth-order valence-electron chi connectivity index (χ4n) is 3.35. The Hall–Kier alpha value is -2.93. The summed E-state index contributed by atoms with van der Waals surface area (Å²) in [6.07, 6.45) is 2.49. The van der Waals surface area contributed by atoms with E-state index >= 15 is 0 Å². The van der Waals surface area contributed by atoms with E-state index in [2.05, 4.69) is 21.6 Å². The van der Waals surface area contributed by atoms with Gasteiger partial charge in [0.05, 0.1) is 4.92 Å². The number of carbonyl (C=O) groups excluding carboxylic acids is 1. The Morgan fingerprint density at radius 3 is 2.52 bits per heavy atom. The molecule has 7 heteroatoms. The highest BCUT2D eigenvalue weighted by Gasteiger charge is 2.14. The lowest BCUT2D eigenvalue weighted by Crippen LogP contribution is -2.29. The average Bonchev–Trinajstić information content (AvgIpc) is 3.14. The number of anilines is 1. The zero-order valence-corrected chi connectivity index (χ0v) is 15.4. The summed E-state index contributed by atoms with van der Waals surface area (Å²) in [5, 5.41) is 16.5. The average molecular weight is 368 g/mol. The van der Waals surface area contributed by atoms with Crippen molar-refractivity contribution in [2.75, 3.05) is 18.4 Å². The van der Waals surface area contributed by atoms with Gasteiger partial charge in [0.1, 0.15) is 0 Å². The number of aryl methyl sites for hydroxylation is 1. The van der Waals surface area contributed by atoms with E-state index in [0.717, 1.165) is 25.2 Å². The number of hydrogen-bond donors (Lipinski definition) is 2. The highest BCUT2D eigenvalue weighted by atomic mass is 16.6. The van der Waals surface area contributed by atoms with Gasteiger partial charge in [0.15, 0.2) is 0 Å². The van der Waals surface area contributed by atoms with Gasteiger partial charge in [0.25, 0.3) is 5.69 Å². The predicted octanol–water partition coefficient (Wildman–Crippen LogP) is 3.82. The van der Waals surface area contributed by atoms with Crippen LogP contribution in [0.3, 0.4) is 0 Å². The van der Waals surface area contributed by atoms with Gasteiger partial charge in [-0.25, -0.2) is 4.79 Å². The Balaban J connectivity index is 1.58. The first-order valence-corrected chi connectivity index (χ1v) is 9.12. The molecule has 1 saturated heterocycles. The van der Waals surface area contributed by atoms with Gasteiger partial charge >= 0.3 is 6.03 Å². The van der Waals surface area contributed by atoms with Gasteiger partial charge < -0.3 is 10.6 Å². The lowest BCUT2D eigenvalue weighted by Gasteiger charge is -2.18. The van der Waals surface area contributed by atoms with Crippen molar-refractivity contribution in [2.24, 2.45) is 0 Å². The molecule has 0 aromatic heterocycles. The maximum absolute atomic E-state index is 12.2. The number of nitro benzene ring substituents is 1. The molecule has 3 rings (SSSR count). The zero-order valence-electron chi connectivity index (χ0n) is 15.4. The van der Waals surface area contributed by atoms with E-state index in [1.807, 2.05) is 18.2 Å². The Morgan fingerprint density at radius 2 is 1.85 bits per heavy atom. The van der Waals surface area contributed by atoms with E-state index in [1.54, 1.807) is 13.0 Å². The van der Waals surface area contributed by atoms with E-state index in [4.69, 9.17) is 0 Å². The summed E-state index contributed by atoms with van der Waals surface area (Å²) in [6.45, 7) is 5.24. The van der Waals surface area contributed by atoms with E-state index in [-0.39, 0.29) is 11.7 Å². The Bertz CT molecular complexity index is 832. The first-order valence-electron chi connectivity index (χ1n) is 9.12. The molecule has 1 aliphatic heterocycles. The third kappa shape index (κ3) is 5.04. The third-order valence-electron chi connectivity index (χ3n) is 4.80. The van der Waals surface area contributed by atoms with Gasteiger partial charge in [-0.15, -0.1) is 0 Å². The van der Waals surface area contributed by atoms with Crippen molar-refractivity contribution in [3.05, 3.63) is 69.3 Å². The van der Waals surface area contributed by atoms with Gasteiger partial charge in [0.2, 0.25) is 0 Å². The van der Waals surface area contributed by atoms with Crippen molar-refractivity contribution < 1.29 is 9.72 Å². The van der Waals surface area contributed by atoms with E-state index < -0.39 is 4.92 Å². The quantitative estimate of drug-likeness (QED) is 0.599. The van der Waals surface area contributed by atoms with Crippen LogP contribution in [0.2, 0.25) is 0 Å². The lowest BCUT2D eigenvalue weighted by molar-refractivity contribution is -0.385. The molecule has 0 bridgehead atoms. The van der Waals surface area contributed by atoms with Crippen molar-refractivity contribution >= 4 is 17.4 Å². The number of carbonyl (C=O) groups is 1. The first-order chi connectivity index (χ1) is 13.0. The number of rotatable bonds is 6. The van der Waals surface area contributed by atoms with Gasteiger partial charge in [0, 0.05) is 30.4 Å². The van der Waals surface area contributed by atoms with Gasteiger partial charge in [-0.3, -0.25) is 15.0 Å². The largest absolute Gasteiger partial charge is 0.334 e. The molecular weight excluding hydrogens is 344 g/mol. The van der Waals surface area contributed by atoms with Crippen molar-refractivity contribution in [1.29, 1.82) is 0 Å². The molecule has 2 aromatic carbocycles. The van der Waals surface area contributed by atoms with Gasteiger partial charge in [-0.05, 0) is 56.1 Å². The van der Waals surface area contributed by atoms with Crippen molar-refractivity contribution in [3.8, 4) is 0 Å². The number of urea groups is 1. The first kappa shape index (κ1) is 18.8. The van der Waals surface area contributed by atoms with Gasteiger partial charge in [-0.2, -0.15) is 0 Å². The second-order valence-electron chi connectivity index (χ2n) is 6.82. The lowest BCUT2D eigenvalue weighted by atomic mass is 10.1. The number of nitrogens with one attached hydrogen (secondary N) is 2. The fourth-order valence-corrected chi connectivity index (χ4v) is 3.35. The molecule has 2 aromatic rings. The van der Waals surface area contributed by atoms with Crippen molar-refractivity contribution in [3.63, 3.8) is 0 Å². The van der Waals surface area contributed by atoms with Crippen LogP contribution in [0.1, 0.15) is 29.5 Å². The van der Waals surface area contributed by atoms with Crippen LogP contribution in [0.4, 0.5) is 16.2 Å². The number of hydrogen-bond acceptors (Lipinski definition) is 4. The molecule has 0 saturated carbocycles. The minimum absolute atomic E-state index is 0.0387. The van der Waals surface area contributed by atoms with Crippen molar-refractivity contribution in [1.82, 2.24) is 10.2 Å². The zero-order chi connectivity index (χ0) is 19.2. The highest BCUT2D eigenvalue weighted by Crippen LogP contribution is 2.21. The number of nitrogens with zero attached hydrogens (tertiary/aromatic N) is 2. The SMILES string of the molecule is Cc1cc(NC(=O)NCc2ccccc2CN2CCCC2)ccc1[N+](=O)[O-]. The molecule has 0 aliphatic carbocycles. The summed E-state index contributed by atoms with van der Waals surface area (Å²) in [4.78, 5) is 25.1. The van der Waals surface area contributed by atoms with Crippen LogP contribution in [0, 0.1) is 17.0 Å². The molecule has 1 heterocycles. The minimum Gasteiger partial charge on any atom is -0.334 e. The molecule has 0 radical (unpaired) electrons. The van der Waals surface area contributed by atoms with E-state index in [1.165, 1.54) is 30.5 Å². The standard InChI is InChI=1S/C20H24N4O3/c1-15-12-18(8-9-19(15)24(26)27)22-20(25)21-13-16-6-2-3-7-17(16)14-23-10-4-5-11-23/h2-3,6-9,12H,4-5,10-11,13-14H2,1H3,(H2,21,22,25). The highest BCUT2D eigenvalue weighted by molar-refractivity contribution is 5.89. The number of amides is 2. The summed E-state index contributed by atoms with van der Waals surface area (Å²) < 4.78 is 0. The summed E-state index contributed by atoms with van der Waals surface area (Å²) in [5.74, 6) is 0. The van der Waals surface area contributed by atoms with Crippen LogP contribution in [-0.4, -0.2) is 28.9 Å². The van der Waals surface area contributed by atoms with Crippen LogP contribution in [-0.2, 0) is 13.1 Å². The number of likely N-dealkylation sites (tertiary alicyclic amines) is 1. The molecule has 1 fully saturated rings. The molecule has 0 spiro atoms. The topological polar surface area (TPSA) is 87.5 Å². The Kier molecular flexibility index (Phi) is 6.03.